The van der Waals surface area contributed by atoms with Gasteiger partial charge in [-0.3, -0.25) is 9.69 Å². The van der Waals surface area contributed by atoms with Gasteiger partial charge in [0.2, 0.25) is 5.91 Å². The number of nitrogens with one attached hydrogen (secondary N) is 1. The standard InChI is InChI=1S/C25H28N2O4/c1-17-21-9-8-20(30-2)14-23(21)31-25(29)22(17)10-11-24(28)26-19-12-13-27(16-19)15-18-6-4-3-5-7-18/h3-9,14,19H,10-13,15-16H2,1-2H3,(H,26,28). The Hall–Kier alpha value is -3.12. The van der Waals surface area contributed by atoms with E-state index in [4.69, 9.17) is 9.15 Å². The molecule has 1 fully saturated rings. The fourth-order valence-corrected chi connectivity index (χ4v) is 4.26. The third kappa shape index (κ3) is 4.97. The molecule has 1 aliphatic heterocycles. The number of aryl methyl sites for hydroxylation is 1. The van der Waals surface area contributed by atoms with Crippen molar-refractivity contribution in [2.75, 3.05) is 20.2 Å². The van der Waals surface area contributed by atoms with Gasteiger partial charge in [-0.2, -0.15) is 0 Å². The summed E-state index contributed by atoms with van der Waals surface area (Å²) in [6.45, 7) is 4.61. The Morgan fingerprint density at radius 1 is 1.23 bits per heavy atom. The first kappa shape index (κ1) is 21.1. The number of fused-ring (bicyclic) bond motifs is 1. The first-order valence-electron chi connectivity index (χ1n) is 10.7. The Bertz CT molecular complexity index is 1120. The topological polar surface area (TPSA) is 71.8 Å². The molecule has 1 unspecified atom stereocenters. The predicted molar refractivity (Wildman–Crippen MR) is 120 cm³/mol. The lowest BCUT2D eigenvalue weighted by atomic mass is 10.0. The van der Waals surface area contributed by atoms with Crippen LogP contribution in [0.5, 0.6) is 5.75 Å². The SMILES string of the molecule is COc1ccc2c(C)c(CCC(=O)NC3CCN(Cc4ccccc4)C3)c(=O)oc2c1. The molecule has 2 heterocycles. The molecule has 162 valence electrons. The van der Waals surface area contributed by atoms with Crippen LogP contribution in [0.2, 0.25) is 0 Å². The summed E-state index contributed by atoms with van der Waals surface area (Å²) in [4.78, 5) is 27.4. The maximum Gasteiger partial charge on any atom is 0.339 e. The number of hydrogen-bond acceptors (Lipinski definition) is 5. The van der Waals surface area contributed by atoms with Crippen LogP contribution < -0.4 is 15.7 Å². The van der Waals surface area contributed by atoms with Crippen LogP contribution >= 0.6 is 0 Å². The van der Waals surface area contributed by atoms with E-state index in [1.54, 1.807) is 13.2 Å². The van der Waals surface area contributed by atoms with E-state index in [9.17, 15) is 9.59 Å². The molecule has 3 aromatic rings. The molecule has 6 nitrogen and oxygen atoms in total. The number of amides is 1. The number of ether oxygens (including phenoxy) is 1. The molecule has 1 aromatic heterocycles. The van der Waals surface area contributed by atoms with E-state index in [-0.39, 0.29) is 24.0 Å². The van der Waals surface area contributed by atoms with Crippen molar-refractivity contribution in [2.45, 2.75) is 38.8 Å². The molecule has 4 rings (SSSR count). The Morgan fingerprint density at radius 3 is 2.81 bits per heavy atom. The van der Waals surface area contributed by atoms with E-state index in [0.29, 0.717) is 23.3 Å². The number of likely N-dealkylation sites (tertiary alicyclic amines) is 1. The highest BCUT2D eigenvalue weighted by molar-refractivity contribution is 5.82. The Balaban J connectivity index is 1.34. The van der Waals surface area contributed by atoms with Crippen molar-refractivity contribution in [2.24, 2.45) is 0 Å². The lowest BCUT2D eigenvalue weighted by molar-refractivity contribution is -0.121. The maximum atomic E-state index is 12.5. The number of carbonyl (C=O) groups excluding carboxylic acids is 1. The lowest BCUT2D eigenvalue weighted by Gasteiger charge is -2.17. The van der Waals surface area contributed by atoms with Crippen LogP contribution in [-0.4, -0.2) is 37.0 Å². The van der Waals surface area contributed by atoms with Gasteiger partial charge in [0.1, 0.15) is 11.3 Å². The molecule has 2 aromatic carbocycles. The number of methoxy groups -OCH3 is 1. The van der Waals surface area contributed by atoms with Crippen molar-refractivity contribution in [3.63, 3.8) is 0 Å². The van der Waals surface area contributed by atoms with Crippen LogP contribution in [-0.2, 0) is 17.8 Å². The second-order valence-electron chi connectivity index (χ2n) is 8.13. The van der Waals surface area contributed by atoms with Crippen LogP contribution in [0.1, 0.15) is 29.5 Å². The van der Waals surface area contributed by atoms with Crippen molar-refractivity contribution < 1.29 is 13.9 Å². The summed E-state index contributed by atoms with van der Waals surface area (Å²) in [5, 5.41) is 3.99. The highest BCUT2D eigenvalue weighted by Gasteiger charge is 2.24. The van der Waals surface area contributed by atoms with Crippen LogP contribution in [0.15, 0.2) is 57.7 Å². The highest BCUT2D eigenvalue weighted by atomic mass is 16.5. The normalized spacial score (nSPS) is 16.5. The summed E-state index contributed by atoms with van der Waals surface area (Å²) < 4.78 is 10.7. The summed E-state index contributed by atoms with van der Waals surface area (Å²) in [6.07, 6.45) is 1.57. The molecule has 1 N–H and O–H groups in total. The minimum atomic E-state index is -0.388. The molecule has 0 spiro atoms. The van der Waals surface area contributed by atoms with Gasteiger partial charge in [0, 0.05) is 49.1 Å². The fourth-order valence-electron chi connectivity index (χ4n) is 4.26. The van der Waals surface area contributed by atoms with Gasteiger partial charge in [-0.15, -0.1) is 0 Å². The average molecular weight is 421 g/mol. The van der Waals surface area contributed by atoms with Crippen molar-refractivity contribution in [3.8, 4) is 5.75 Å². The molecule has 0 radical (unpaired) electrons. The third-order valence-electron chi connectivity index (χ3n) is 5.98. The minimum absolute atomic E-state index is 0.0276. The van der Waals surface area contributed by atoms with Crippen LogP contribution in [0.4, 0.5) is 0 Å². The van der Waals surface area contributed by atoms with Crippen molar-refractivity contribution >= 4 is 16.9 Å². The second kappa shape index (κ2) is 9.35. The summed E-state index contributed by atoms with van der Waals surface area (Å²) >= 11 is 0. The number of benzene rings is 2. The molecule has 1 aliphatic rings. The zero-order chi connectivity index (χ0) is 21.8. The van der Waals surface area contributed by atoms with Crippen molar-refractivity contribution in [3.05, 3.63) is 75.6 Å². The number of nitrogens with zero attached hydrogens (tertiary/aromatic N) is 1. The molecule has 0 bridgehead atoms. The molecular weight excluding hydrogens is 392 g/mol. The van der Waals surface area contributed by atoms with Crippen molar-refractivity contribution in [1.82, 2.24) is 10.2 Å². The zero-order valence-electron chi connectivity index (χ0n) is 18.0. The minimum Gasteiger partial charge on any atom is -0.497 e. The van der Waals surface area contributed by atoms with Crippen LogP contribution in [0.3, 0.4) is 0 Å². The maximum absolute atomic E-state index is 12.5. The summed E-state index contributed by atoms with van der Waals surface area (Å²) in [5.74, 6) is 0.611. The summed E-state index contributed by atoms with van der Waals surface area (Å²) in [5.41, 5.74) is 2.81. The van der Waals surface area contributed by atoms with Gasteiger partial charge in [0.25, 0.3) is 0 Å². The third-order valence-corrected chi connectivity index (χ3v) is 5.98. The molecule has 31 heavy (non-hydrogen) atoms. The van der Waals surface area contributed by atoms with E-state index in [0.717, 1.165) is 37.0 Å². The van der Waals surface area contributed by atoms with Gasteiger partial charge in [-0.25, -0.2) is 4.79 Å². The second-order valence-corrected chi connectivity index (χ2v) is 8.13. The Kier molecular flexibility index (Phi) is 6.37. The summed E-state index contributed by atoms with van der Waals surface area (Å²) in [6, 6.07) is 15.9. The number of rotatable bonds is 7. The van der Waals surface area contributed by atoms with E-state index >= 15 is 0 Å². The van der Waals surface area contributed by atoms with E-state index in [1.165, 1.54) is 5.56 Å². The van der Waals surface area contributed by atoms with E-state index in [2.05, 4.69) is 22.3 Å². The zero-order valence-corrected chi connectivity index (χ0v) is 18.0. The van der Waals surface area contributed by atoms with Crippen LogP contribution in [0.25, 0.3) is 11.0 Å². The molecule has 1 atom stereocenters. The smallest absolute Gasteiger partial charge is 0.339 e. The monoisotopic (exact) mass is 420 g/mol. The van der Waals surface area contributed by atoms with Crippen molar-refractivity contribution in [1.29, 1.82) is 0 Å². The largest absolute Gasteiger partial charge is 0.497 e. The number of carbonyl (C=O) groups is 1. The lowest BCUT2D eigenvalue weighted by Crippen LogP contribution is -2.37. The van der Waals surface area contributed by atoms with Crippen LogP contribution in [0, 0.1) is 6.92 Å². The quantitative estimate of drug-likeness (QED) is 0.593. The molecule has 0 aliphatic carbocycles. The molecule has 1 saturated heterocycles. The van der Waals surface area contributed by atoms with Gasteiger partial charge >= 0.3 is 5.63 Å². The first-order chi connectivity index (χ1) is 15.0. The summed E-state index contributed by atoms with van der Waals surface area (Å²) in [7, 11) is 1.57. The molecule has 1 amide bonds. The Morgan fingerprint density at radius 2 is 2.03 bits per heavy atom. The average Bonchev–Trinajstić information content (AvgIpc) is 3.20. The van der Waals surface area contributed by atoms with Gasteiger partial charge in [-0.1, -0.05) is 30.3 Å². The molecule has 0 saturated carbocycles. The highest BCUT2D eigenvalue weighted by Crippen LogP contribution is 2.24. The van der Waals surface area contributed by atoms with Gasteiger partial charge in [0.05, 0.1) is 7.11 Å². The molecule has 6 heteroatoms. The molecular formula is C25H28N2O4. The predicted octanol–water partition coefficient (Wildman–Crippen LogP) is 3.43. The van der Waals surface area contributed by atoms with E-state index in [1.807, 2.05) is 37.3 Å². The van der Waals surface area contributed by atoms with Gasteiger partial charge < -0.3 is 14.5 Å². The van der Waals surface area contributed by atoms with Gasteiger partial charge in [-0.05, 0) is 43.0 Å². The van der Waals surface area contributed by atoms with E-state index < -0.39 is 0 Å². The van der Waals surface area contributed by atoms with Gasteiger partial charge in [0.15, 0.2) is 0 Å². The number of hydrogen-bond donors (Lipinski definition) is 1. The fraction of sp³-hybridized carbons (Fsp3) is 0.360. The Labute approximate surface area is 181 Å². The first-order valence-corrected chi connectivity index (χ1v) is 10.7.